The van der Waals surface area contributed by atoms with Crippen molar-refractivity contribution in [1.29, 1.82) is 0 Å². The van der Waals surface area contributed by atoms with Gasteiger partial charge in [0.25, 0.3) is 5.91 Å². The number of para-hydroxylation sites is 2. The minimum absolute atomic E-state index is 0.134. The van der Waals surface area contributed by atoms with Crippen LogP contribution in [0.3, 0.4) is 0 Å². The Hall–Kier alpha value is -3.67. The summed E-state index contributed by atoms with van der Waals surface area (Å²) >= 11 is 0. The first-order valence-electron chi connectivity index (χ1n) is 10.3. The molecule has 0 fully saturated rings. The van der Waals surface area contributed by atoms with Crippen LogP contribution in [-0.2, 0) is 13.1 Å². The molecule has 0 N–H and O–H groups in total. The molecule has 4 rings (SSSR count). The molecular formula is C25H26N4O2. The molecule has 2 heterocycles. The molecular weight excluding hydrogens is 388 g/mol. The molecule has 0 unspecified atom stereocenters. The van der Waals surface area contributed by atoms with Crippen LogP contribution < -0.4 is 4.74 Å². The van der Waals surface area contributed by atoms with Crippen molar-refractivity contribution in [3.05, 3.63) is 89.5 Å². The molecule has 1 amide bonds. The van der Waals surface area contributed by atoms with Crippen molar-refractivity contribution in [2.75, 3.05) is 13.7 Å². The Kier molecular flexibility index (Phi) is 5.98. The van der Waals surface area contributed by atoms with Crippen molar-refractivity contribution in [1.82, 2.24) is 19.4 Å². The summed E-state index contributed by atoms with van der Waals surface area (Å²) in [5.74, 6) is 1.55. The third kappa shape index (κ3) is 4.74. The summed E-state index contributed by atoms with van der Waals surface area (Å²) in [7, 11) is 1.77. The average molecular weight is 415 g/mol. The van der Waals surface area contributed by atoms with Crippen molar-refractivity contribution in [3.8, 4) is 5.75 Å². The lowest BCUT2D eigenvalue weighted by Crippen LogP contribution is -2.28. The van der Waals surface area contributed by atoms with Gasteiger partial charge in [-0.15, -0.1) is 0 Å². The highest BCUT2D eigenvalue weighted by molar-refractivity contribution is 5.92. The Morgan fingerprint density at radius 3 is 2.52 bits per heavy atom. The van der Waals surface area contributed by atoms with E-state index in [1.807, 2.05) is 42.5 Å². The number of carbonyl (C=O) groups excluding carboxylic acids is 1. The lowest BCUT2D eigenvalue weighted by molar-refractivity contribution is 0.0774. The topological polar surface area (TPSA) is 60.2 Å². The van der Waals surface area contributed by atoms with E-state index in [9.17, 15) is 4.79 Å². The fourth-order valence-corrected chi connectivity index (χ4v) is 3.74. The lowest BCUT2D eigenvalue weighted by Gasteiger charge is -2.18. The van der Waals surface area contributed by atoms with E-state index in [-0.39, 0.29) is 5.91 Å². The third-order valence-electron chi connectivity index (χ3n) is 5.12. The predicted octanol–water partition coefficient (Wildman–Crippen LogP) is 4.40. The molecule has 0 saturated carbocycles. The Balaban J connectivity index is 1.53. The van der Waals surface area contributed by atoms with Crippen LogP contribution in [0.15, 0.2) is 66.9 Å². The fraction of sp³-hybridized carbons (Fsp3) is 0.240. The average Bonchev–Trinajstić information content (AvgIpc) is 3.10. The van der Waals surface area contributed by atoms with Crippen molar-refractivity contribution in [2.24, 2.45) is 0 Å². The molecule has 0 radical (unpaired) electrons. The summed E-state index contributed by atoms with van der Waals surface area (Å²) in [6.07, 6.45) is 1.63. The van der Waals surface area contributed by atoms with E-state index >= 15 is 0 Å². The Labute approximate surface area is 182 Å². The maximum Gasteiger partial charge on any atom is 0.272 e. The molecule has 0 aliphatic rings. The van der Waals surface area contributed by atoms with Crippen molar-refractivity contribution < 1.29 is 9.53 Å². The van der Waals surface area contributed by atoms with E-state index in [0.29, 0.717) is 25.4 Å². The number of amides is 1. The van der Waals surface area contributed by atoms with Gasteiger partial charge in [0, 0.05) is 13.2 Å². The van der Waals surface area contributed by atoms with Crippen LogP contribution in [0.25, 0.3) is 11.0 Å². The number of nitrogens with zero attached hydrogens (tertiary/aromatic N) is 4. The predicted molar refractivity (Wildman–Crippen MR) is 121 cm³/mol. The number of rotatable bonds is 7. The number of hydrogen-bond donors (Lipinski definition) is 0. The molecule has 2 aromatic heterocycles. The Morgan fingerprint density at radius 1 is 1.03 bits per heavy atom. The van der Waals surface area contributed by atoms with Gasteiger partial charge >= 0.3 is 0 Å². The van der Waals surface area contributed by atoms with Crippen LogP contribution in [0.5, 0.6) is 5.75 Å². The van der Waals surface area contributed by atoms with Gasteiger partial charge in [0.05, 0.1) is 24.1 Å². The van der Waals surface area contributed by atoms with Gasteiger partial charge in [0.15, 0.2) is 0 Å². The number of carbonyl (C=O) groups is 1. The summed E-state index contributed by atoms with van der Waals surface area (Å²) in [5, 5.41) is 0. The maximum absolute atomic E-state index is 12.7. The largest absolute Gasteiger partial charge is 0.492 e. The number of aromatic nitrogens is 3. The van der Waals surface area contributed by atoms with Crippen LogP contribution in [0.2, 0.25) is 0 Å². The van der Waals surface area contributed by atoms with Crippen LogP contribution in [-0.4, -0.2) is 39.0 Å². The number of fused-ring (bicyclic) bond motifs is 1. The minimum Gasteiger partial charge on any atom is -0.492 e. The van der Waals surface area contributed by atoms with E-state index < -0.39 is 0 Å². The molecule has 0 aliphatic carbocycles. The van der Waals surface area contributed by atoms with Gasteiger partial charge in [-0.2, -0.15) is 0 Å². The zero-order valence-electron chi connectivity index (χ0n) is 18.1. The first-order valence-corrected chi connectivity index (χ1v) is 10.3. The molecule has 6 nitrogen and oxygen atoms in total. The number of ether oxygens (including phenoxy) is 1. The monoisotopic (exact) mass is 414 g/mol. The molecule has 158 valence electrons. The molecule has 0 spiro atoms. The van der Waals surface area contributed by atoms with Crippen LogP contribution in [0, 0.1) is 13.8 Å². The number of imidazole rings is 1. The Morgan fingerprint density at radius 2 is 1.77 bits per heavy atom. The number of aryl methyl sites for hydroxylation is 2. The van der Waals surface area contributed by atoms with E-state index in [4.69, 9.17) is 9.72 Å². The normalized spacial score (nSPS) is 10.9. The molecule has 0 aliphatic heterocycles. The highest BCUT2D eigenvalue weighted by Gasteiger charge is 2.17. The number of hydrogen-bond acceptors (Lipinski definition) is 4. The zero-order valence-corrected chi connectivity index (χ0v) is 18.1. The van der Waals surface area contributed by atoms with E-state index in [0.717, 1.165) is 22.6 Å². The maximum atomic E-state index is 12.7. The number of pyridine rings is 1. The molecule has 0 bridgehead atoms. The van der Waals surface area contributed by atoms with Crippen molar-refractivity contribution in [2.45, 2.75) is 26.9 Å². The second-order valence-electron chi connectivity index (χ2n) is 7.72. The summed E-state index contributed by atoms with van der Waals surface area (Å²) < 4.78 is 8.15. The molecule has 4 aromatic rings. The zero-order chi connectivity index (χ0) is 21.8. The quantitative estimate of drug-likeness (QED) is 0.450. The molecule has 0 saturated heterocycles. The van der Waals surface area contributed by atoms with Crippen LogP contribution in [0.1, 0.15) is 27.4 Å². The fourth-order valence-electron chi connectivity index (χ4n) is 3.74. The van der Waals surface area contributed by atoms with Gasteiger partial charge in [-0.05, 0) is 61.4 Å². The highest BCUT2D eigenvalue weighted by atomic mass is 16.5. The first kappa shape index (κ1) is 20.6. The minimum atomic E-state index is -0.134. The third-order valence-corrected chi connectivity index (χ3v) is 5.12. The Bertz CT molecular complexity index is 1180. The smallest absolute Gasteiger partial charge is 0.272 e. The van der Waals surface area contributed by atoms with Crippen LogP contribution >= 0.6 is 0 Å². The second-order valence-corrected chi connectivity index (χ2v) is 7.72. The van der Waals surface area contributed by atoms with Gasteiger partial charge in [-0.3, -0.25) is 9.78 Å². The standard InChI is InChI=1S/C25H26N4O2/c1-18-14-19(2)16-20(15-18)31-13-12-29-23-10-5-4-8-21(23)27-24(29)17-28(3)25(30)22-9-6-7-11-26-22/h4-11,14-16H,12-13,17H2,1-3H3. The highest BCUT2D eigenvalue weighted by Crippen LogP contribution is 2.19. The van der Waals surface area contributed by atoms with Crippen LogP contribution in [0.4, 0.5) is 0 Å². The van der Waals surface area contributed by atoms with Gasteiger partial charge in [-0.25, -0.2) is 4.98 Å². The molecule has 2 aromatic carbocycles. The van der Waals surface area contributed by atoms with Gasteiger partial charge in [0.1, 0.15) is 23.9 Å². The van der Waals surface area contributed by atoms with Crippen molar-refractivity contribution in [3.63, 3.8) is 0 Å². The number of benzene rings is 2. The van der Waals surface area contributed by atoms with E-state index in [1.54, 1.807) is 30.3 Å². The summed E-state index contributed by atoms with van der Waals surface area (Å²) in [5.41, 5.74) is 4.71. The van der Waals surface area contributed by atoms with E-state index in [2.05, 4.69) is 29.5 Å². The summed E-state index contributed by atoms with van der Waals surface area (Å²) in [6, 6.07) is 19.5. The molecule has 0 atom stereocenters. The first-order chi connectivity index (χ1) is 15.0. The second kappa shape index (κ2) is 9.00. The summed E-state index contributed by atoms with van der Waals surface area (Å²) in [6.45, 7) is 5.65. The van der Waals surface area contributed by atoms with E-state index in [1.165, 1.54) is 11.1 Å². The summed E-state index contributed by atoms with van der Waals surface area (Å²) in [4.78, 5) is 23.3. The lowest BCUT2D eigenvalue weighted by atomic mass is 10.1. The van der Waals surface area contributed by atoms with Gasteiger partial charge < -0.3 is 14.2 Å². The molecule has 31 heavy (non-hydrogen) atoms. The SMILES string of the molecule is Cc1cc(C)cc(OCCn2c(CN(C)C(=O)c3ccccn3)nc3ccccc32)c1. The van der Waals surface area contributed by atoms with Crippen molar-refractivity contribution >= 4 is 16.9 Å². The van der Waals surface area contributed by atoms with Gasteiger partial charge in [-0.1, -0.05) is 24.3 Å². The molecule has 6 heteroatoms. The van der Waals surface area contributed by atoms with Gasteiger partial charge in [0.2, 0.25) is 0 Å².